The van der Waals surface area contributed by atoms with E-state index in [9.17, 15) is 9.18 Å². The van der Waals surface area contributed by atoms with Gasteiger partial charge in [0.25, 0.3) is 5.91 Å². The molecular weight excluding hydrogens is 360 g/mol. The SMILES string of the molecule is CNc1ccc(C(=O)Nc2ccc(F)cc2I)cn1. The summed E-state index contributed by atoms with van der Waals surface area (Å²) < 4.78 is 13.6. The number of aromatic nitrogens is 1. The standard InChI is InChI=1S/C13H11FIN3O/c1-16-12-5-2-8(7-17-12)13(19)18-11-4-3-9(14)6-10(11)15/h2-7H,1H3,(H,16,17)(H,18,19). The minimum atomic E-state index is -0.331. The Labute approximate surface area is 123 Å². The normalized spacial score (nSPS) is 10.1. The molecule has 1 aromatic carbocycles. The maximum absolute atomic E-state index is 13.0. The summed E-state index contributed by atoms with van der Waals surface area (Å²) in [6, 6.07) is 7.58. The molecule has 98 valence electrons. The Balaban J connectivity index is 2.15. The fraction of sp³-hybridized carbons (Fsp3) is 0.0769. The number of carbonyl (C=O) groups is 1. The molecule has 4 nitrogen and oxygen atoms in total. The quantitative estimate of drug-likeness (QED) is 0.816. The fourth-order valence-corrected chi connectivity index (χ4v) is 2.07. The maximum atomic E-state index is 13.0. The first-order valence-corrected chi connectivity index (χ1v) is 6.58. The number of nitrogens with one attached hydrogen (secondary N) is 2. The lowest BCUT2D eigenvalue weighted by molar-refractivity contribution is 0.102. The van der Waals surface area contributed by atoms with Crippen LogP contribution in [0.25, 0.3) is 0 Å². The van der Waals surface area contributed by atoms with Crippen LogP contribution in [-0.2, 0) is 0 Å². The van der Waals surface area contributed by atoms with Gasteiger partial charge in [-0.1, -0.05) is 0 Å². The number of anilines is 2. The third kappa shape index (κ3) is 3.40. The van der Waals surface area contributed by atoms with Gasteiger partial charge in [-0.3, -0.25) is 4.79 Å². The van der Waals surface area contributed by atoms with Gasteiger partial charge >= 0.3 is 0 Å². The number of pyridine rings is 1. The number of halogens is 2. The molecule has 0 bridgehead atoms. The predicted octanol–water partition coefficient (Wildman–Crippen LogP) is 3.12. The predicted molar refractivity (Wildman–Crippen MR) is 80.9 cm³/mol. The summed E-state index contributed by atoms with van der Waals surface area (Å²) in [6.45, 7) is 0. The Morgan fingerprint density at radius 3 is 2.68 bits per heavy atom. The van der Waals surface area contributed by atoms with Crippen LogP contribution < -0.4 is 10.6 Å². The van der Waals surface area contributed by atoms with Crippen molar-refractivity contribution in [3.63, 3.8) is 0 Å². The second-order valence-corrected chi connectivity index (χ2v) is 4.92. The smallest absolute Gasteiger partial charge is 0.257 e. The van der Waals surface area contributed by atoms with Crippen LogP contribution in [0.4, 0.5) is 15.9 Å². The molecule has 0 spiro atoms. The van der Waals surface area contributed by atoms with Gasteiger partial charge in [-0.15, -0.1) is 0 Å². The molecule has 0 aliphatic heterocycles. The summed E-state index contributed by atoms with van der Waals surface area (Å²) in [5, 5.41) is 5.59. The lowest BCUT2D eigenvalue weighted by Crippen LogP contribution is -2.13. The van der Waals surface area contributed by atoms with E-state index in [0.717, 1.165) is 0 Å². The summed E-state index contributed by atoms with van der Waals surface area (Å²) >= 11 is 1.97. The van der Waals surface area contributed by atoms with E-state index in [2.05, 4.69) is 15.6 Å². The number of hydrogen-bond acceptors (Lipinski definition) is 3. The first kappa shape index (κ1) is 13.7. The summed E-state index contributed by atoms with van der Waals surface area (Å²) in [5.41, 5.74) is 1.02. The van der Waals surface area contributed by atoms with Crippen LogP contribution in [0.15, 0.2) is 36.5 Å². The molecule has 1 amide bonds. The Kier molecular flexibility index (Phi) is 4.31. The van der Waals surface area contributed by atoms with Gasteiger partial charge in [0, 0.05) is 16.8 Å². The van der Waals surface area contributed by atoms with Crippen molar-refractivity contribution in [3.8, 4) is 0 Å². The van der Waals surface area contributed by atoms with Crippen LogP contribution >= 0.6 is 22.6 Å². The third-order valence-electron chi connectivity index (χ3n) is 2.46. The summed E-state index contributed by atoms with van der Waals surface area (Å²) in [6.07, 6.45) is 1.48. The summed E-state index contributed by atoms with van der Waals surface area (Å²) in [7, 11) is 1.75. The highest BCUT2D eigenvalue weighted by Gasteiger charge is 2.09. The van der Waals surface area contributed by atoms with Gasteiger partial charge in [-0.25, -0.2) is 9.37 Å². The minimum Gasteiger partial charge on any atom is -0.373 e. The third-order valence-corrected chi connectivity index (χ3v) is 3.35. The molecular formula is C13H11FIN3O. The number of hydrogen-bond donors (Lipinski definition) is 2. The molecule has 0 aliphatic carbocycles. The molecule has 0 saturated carbocycles. The Bertz CT molecular complexity index is 601. The fourth-order valence-electron chi connectivity index (χ4n) is 1.46. The van der Waals surface area contributed by atoms with Gasteiger partial charge in [0.15, 0.2) is 0 Å². The van der Waals surface area contributed by atoms with Crippen molar-refractivity contribution < 1.29 is 9.18 Å². The van der Waals surface area contributed by atoms with E-state index in [1.807, 2.05) is 22.6 Å². The van der Waals surface area contributed by atoms with Gasteiger partial charge in [0.1, 0.15) is 11.6 Å². The van der Waals surface area contributed by atoms with Crippen LogP contribution in [0, 0.1) is 9.39 Å². The van der Waals surface area contributed by atoms with Gasteiger partial charge in [0.2, 0.25) is 0 Å². The van der Waals surface area contributed by atoms with Crippen molar-refractivity contribution in [2.75, 3.05) is 17.7 Å². The van der Waals surface area contributed by atoms with Gasteiger partial charge < -0.3 is 10.6 Å². The Morgan fingerprint density at radius 1 is 1.32 bits per heavy atom. The zero-order valence-corrected chi connectivity index (χ0v) is 12.2. The molecule has 19 heavy (non-hydrogen) atoms. The van der Waals surface area contributed by atoms with Crippen molar-refractivity contribution in [1.29, 1.82) is 0 Å². The van der Waals surface area contributed by atoms with Gasteiger partial charge in [-0.2, -0.15) is 0 Å². The van der Waals surface area contributed by atoms with E-state index in [1.54, 1.807) is 19.2 Å². The van der Waals surface area contributed by atoms with E-state index in [4.69, 9.17) is 0 Å². The van der Waals surface area contributed by atoms with E-state index in [0.29, 0.717) is 20.6 Å². The van der Waals surface area contributed by atoms with Gasteiger partial charge in [0.05, 0.1) is 11.3 Å². The maximum Gasteiger partial charge on any atom is 0.257 e. The van der Waals surface area contributed by atoms with E-state index >= 15 is 0 Å². The number of amides is 1. The minimum absolute atomic E-state index is 0.278. The molecule has 1 aromatic heterocycles. The molecule has 0 unspecified atom stereocenters. The monoisotopic (exact) mass is 371 g/mol. The number of carbonyl (C=O) groups excluding carboxylic acids is 1. The number of benzene rings is 1. The topological polar surface area (TPSA) is 54.0 Å². The second kappa shape index (κ2) is 5.96. The average molecular weight is 371 g/mol. The zero-order chi connectivity index (χ0) is 13.8. The van der Waals surface area contributed by atoms with Crippen LogP contribution in [0.2, 0.25) is 0 Å². The molecule has 2 rings (SSSR count). The zero-order valence-electron chi connectivity index (χ0n) is 10.1. The first-order chi connectivity index (χ1) is 9.10. The molecule has 2 N–H and O–H groups in total. The summed E-state index contributed by atoms with van der Waals surface area (Å²) in [4.78, 5) is 16.0. The molecule has 0 atom stereocenters. The largest absolute Gasteiger partial charge is 0.373 e. The van der Waals surface area contributed by atoms with Crippen molar-refractivity contribution in [2.24, 2.45) is 0 Å². The van der Waals surface area contributed by atoms with E-state index < -0.39 is 0 Å². The molecule has 0 saturated heterocycles. The van der Waals surface area contributed by atoms with Crippen molar-refractivity contribution in [3.05, 3.63) is 51.5 Å². The van der Waals surface area contributed by atoms with Crippen LogP contribution in [0.3, 0.4) is 0 Å². The lowest BCUT2D eigenvalue weighted by atomic mass is 10.2. The number of rotatable bonds is 3. The van der Waals surface area contributed by atoms with Crippen molar-refractivity contribution >= 4 is 40.0 Å². The highest BCUT2D eigenvalue weighted by atomic mass is 127. The molecule has 0 aliphatic rings. The summed E-state index contributed by atoms with van der Waals surface area (Å²) in [5.74, 6) is 0.0787. The average Bonchev–Trinajstić information content (AvgIpc) is 2.42. The molecule has 1 heterocycles. The molecule has 0 radical (unpaired) electrons. The first-order valence-electron chi connectivity index (χ1n) is 5.50. The van der Waals surface area contributed by atoms with Crippen LogP contribution in [0.1, 0.15) is 10.4 Å². The van der Waals surface area contributed by atoms with E-state index in [-0.39, 0.29) is 11.7 Å². The van der Waals surface area contributed by atoms with Crippen molar-refractivity contribution in [2.45, 2.75) is 0 Å². The van der Waals surface area contributed by atoms with Crippen LogP contribution in [0.5, 0.6) is 0 Å². The van der Waals surface area contributed by atoms with Crippen LogP contribution in [-0.4, -0.2) is 17.9 Å². The highest BCUT2D eigenvalue weighted by molar-refractivity contribution is 14.1. The highest BCUT2D eigenvalue weighted by Crippen LogP contribution is 2.19. The lowest BCUT2D eigenvalue weighted by Gasteiger charge is -2.07. The second-order valence-electron chi connectivity index (χ2n) is 3.76. The molecule has 2 aromatic rings. The Morgan fingerprint density at radius 2 is 2.11 bits per heavy atom. The van der Waals surface area contributed by atoms with Crippen molar-refractivity contribution in [1.82, 2.24) is 4.98 Å². The van der Waals surface area contributed by atoms with Gasteiger partial charge in [-0.05, 0) is 52.9 Å². The Hall–Kier alpha value is -1.70. The number of nitrogens with zero attached hydrogens (tertiary/aromatic N) is 1. The van der Waals surface area contributed by atoms with E-state index in [1.165, 1.54) is 24.4 Å². The molecule has 6 heteroatoms. The molecule has 0 fully saturated rings.